The van der Waals surface area contributed by atoms with Gasteiger partial charge in [0, 0.05) is 41.2 Å². The van der Waals surface area contributed by atoms with Crippen molar-refractivity contribution in [2.45, 2.75) is 33.1 Å². The Morgan fingerprint density at radius 2 is 1.62 bits per heavy atom. The van der Waals surface area contributed by atoms with Crippen LogP contribution in [-0.4, -0.2) is 9.55 Å². The van der Waals surface area contributed by atoms with Gasteiger partial charge >= 0.3 is 0 Å². The number of aromatic nitrogens is 2. The van der Waals surface area contributed by atoms with Crippen LogP contribution in [0.2, 0.25) is 0 Å². The van der Waals surface area contributed by atoms with Gasteiger partial charge in [0.15, 0.2) is 0 Å². The first kappa shape index (κ1) is 16.4. The van der Waals surface area contributed by atoms with E-state index in [2.05, 4.69) is 98.3 Å². The molecule has 2 nitrogen and oxygen atoms in total. The Balaban J connectivity index is 0.000000141. The molecule has 124 valence electrons. The number of fused-ring (bicyclic) bond motifs is 2. The quantitative estimate of drug-likeness (QED) is 0.466. The third-order valence-corrected chi connectivity index (χ3v) is 4.60. The van der Waals surface area contributed by atoms with Crippen LogP contribution in [0.1, 0.15) is 37.8 Å². The van der Waals surface area contributed by atoms with E-state index in [1.165, 1.54) is 32.9 Å². The second-order valence-corrected chi connectivity index (χ2v) is 6.58. The van der Waals surface area contributed by atoms with E-state index >= 15 is 0 Å². The standard InChI is InChI=1S/2C11H13N/c1-8(2)10-7-12-11-6-4-3-5-9(10)11;1-3-9-8-12(2)11-7-5-4-6-10(9)11/h3-8,12H,1-2H3;4-8H,3H2,1-2H3. The Morgan fingerprint density at radius 3 is 2.33 bits per heavy atom. The maximum absolute atomic E-state index is 3.27. The van der Waals surface area contributed by atoms with Gasteiger partial charge in [-0.15, -0.1) is 0 Å². The molecule has 1 N–H and O–H groups in total. The lowest BCUT2D eigenvalue weighted by Crippen LogP contribution is -1.82. The minimum Gasteiger partial charge on any atom is -0.361 e. The monoisotopic (exact) mass is 318 g/mol. The highest BCUT2D eigenvalue weighted by Crippen LogP contribution is 2.24. The Hall–Kier alpha value is -2.48. The molecule has 2 heteroatoms. The Labute approximate surface area is 144 Å². The van der Waals surface area contributed by atoms with Gasteiger partial charge < -0.3 is 9.55 Å². The Bertz CT molecular complexity index is 941. The van der Waals surface area contributed by atoms with Crippen molar-refractivity contribution in [3.8, 4) is 0 Å². The first-order valence-corrected chi connectivity index (χ1v) is 8.70. The molecule has 0 amide bonds. The lowest BCUT2D eigenvalue weighted by Gasteiger charge is -2.00. The second kappa shape index (κ2) is 6.96. The van der Waals surface area contributed by atoms with Crippen molar-refractivity contribution < 1.29 is 0 Å². The van der Waals surface area contributed by atoms with E-state index in [-0.39, 0.29) is 0 Å². The number of para-hydroxylation sites is 2. The number of H-pyrrole nitrogens is 1. The molecule has 24 heavy (non-hydrogen) atoms. The normalized spacial score (nSPS) is 11.0. The number of benzene rings is 2. The fourth-order valence-electron chi connectivity index (χ4n) is 3.28. The molecular formula is C22H26N2. The molecule has 2 aromatic carbocycles. The molecule has 4 aromatic rings. The van der Waals surface area contributed by atoms with Crippen molar-refractivity contribution in [1.29, 1.82) is 0 Å². The third-order valence-electron chi connectivity index (χ3n) is 4.60. The molecule has 2 aromatic heterocycles. The minimum absolute atomic E-state index is 0.598. The summed E-state index contributed by atoms with van der Waals surface area (Å²) in [6, 6.07) is 17.0. The predicted octanol–water partition coefficient (Wildman–Crippen LogP) is 6.03. The Kier molecular flexibility index (Phi) is 4.75. The summed E-state index contributed by atoms with van der Waals surface area (Å²) in [5.41, 5.74) is 5.41. The Morgan fingerprint density at radius 1 is 0.958 bits per heavy atom. The van der Waals surface area contributed by atoms with E-state index in [9.17, 15) is 0 Å². The van der Waals surface area contributed by atoms with Gasteiger partial charge in [0.25, 0.3) is 0 Å². The molecule has 0 saturated carbocycles. The lowest BCUT2D eigenvalue weighted by molar-refractivity contribution is 0.875. The maximum Gasteiger partial charge on any atom is 0.0480 e. The van der Waals surface area contributed by atoms with E-state index in [4.69, 9.17) is 0 Å². The summed E-state index contributed by atoms with van der Waals surface area (Å²) in [5, 5.41) is 2.75. The number of hydrogen-bond acceptors (Lipinski definition) is 0. The van der Waals surface area contributed by atoms with Crippen molar-refractivity contribution in [1.82, 2.24) is 9.55 Å². The SMILES string of the molecule is CC(C)c1c[nH]c2ccccc12.CCc1cn(C)c2ccccc12. The molecule has 0 radical (unpaired) electrons. The van der Waals surface area contributed by atoms with Crippen LogP contribution in [0.4, 0.5) is 0 Å². The molecule has 0 aliphatic rings. The van der Waals surface area contributed by atoms with Crippen LogP contribution in [0.15, 0.2) is 60.9 Å². The van der Waals surface area contributed by atoms with Gasteiger partial charge in [-0.05, 0) is 35.6 Å². The molecule has 2 heterocycles. The van der Waals surface area contributed by atoms with Crippen LogP contribution in [0.5, 0.6) is 0 Å². The lowest BCUT2D eigenvalue weighted by atomic mass is 10.0. The van der Waals surface area contributed by atoms with Gasteiger partial charge in [-0.25, -0.2) is 0 Å². The fraction of sp³-hybridized carbons (Fsp3) is 0.273. The smallest absolute Gasteiger partial charge is 0.0480 e. The molecule has 0 atom stereocenters. The van der Waals surface area contributed by atoms with Gasteiger partial charge in [-0.1, -0.05) is 57.2 Å². The average Bonchev–Trinajstić information content (AvgIpc) is 3.17. The van der Waals surface area contributed by atoms with Gasteiger partial charge in [0.2, 0.25) is 0 Å². The first-order chi connectivity index (χ1) is 11.6. The highest BCUT2D eigenvalue weighted by Gasteiger charge is 2.05. The molecular weight excluding hydrogens is 292 g/mol. The zero-order chi connectivity index (χ0) is 17.1. The largest absolute Gasteiger partial charge is 0.361 e. The molecule has 0 aliphatic carbocycles. The zero-order valence-corrected chi connectivity index (χ0v) is 15.0. The van der Waals surface area contributed by atoms with Crippen LogP contribution in [0.25, 0.3) is 21.8 Å². The van der Waals surface area contributed by atoms with Gasteiger partial charge in [0.05, 0.1) is 0 Å². The summed E-state index contributed by atoms with van der Waals surface area (Å²) in [7, 11) is 2.10. The summed E-state index contributed by atoms with van der Waals surface area (Å²) < 4.78 is 2.19. The van der Waals surface area contributed by atoms with E-state index in [1.54, 1.807) is 0 Å². The summed E-state index contributed by atoms with van der Waals surface area (Å²) in [4.78, 5) is 3.27. The minimum atomic E-state index is 0.598. The number of nitrogens with one attached hydrogen (secondary N) is 1. The van der Waals surface area contributed by atoms with Gasteiger partial charge in [-0.3, -0.25) is 0 Å². The number of rotatable bonds is 2. The summed E-state index contributed by atoms with van der Waals surface area (Å²) in [6.07, 6.45) is 5.43. The maximum atomic E-state index is 3.27. The number of aryl methyl sites for hydroxylation is 2. The van der Waals surface area contributed by atoms with E-state index in [0.717, 1.165) is 6.42 Å². The van der Waals surface area contributed by atoms with Crippen LogP contribution in [0, 0.1) is 0 Å². The third kappa shape index (κ3) is 3.09. The number of nitrogens with zero attached hydrogens (tertiary/aromatic N) is 1. The van der Waals surface area contributed by atoms with Crippen molar-refractivity contribution in [2.75, 3.05) is 0 Å². The average molecular weight is 318 g/mol. The summed E-state index contributed by atoms with van der Waals surface area (Å²) in [6.45, 7) is 6.63. The molecule has 0 aliphatic heterocycles. The topological polar surface area (TPSA) is 20.7 Å². The van der Waals surface area contributed by atoms with E-state index < -0.39 is 0 Å². The van der Waals surface area contributed by atoms with Crippen LogP contribution >= 0.6 is 0 Å². The van der Waals surface area contributed by atoms with Crippen molar-refractivity contribution in [3.63, 3.8) is 0 Å². The summed E-state index contributed by atoms with van der Waals surface area (Å²) in [5.74, 6) is 0.598. The van der Waals surface area contributed by atoms with E-state index in [1.807, 2.05) is 0 Å². The van der Waals surface area contributed by atoms with E-state index in [0.29, 0.717) is 5.92 Å². The highest BCUT2D eigenvalue weighted by atomic mass is 14.9. The van der Waals surface area contributed by atoms with Crippen LogP contribution in [0.3, 0.4) is 0 Å². The predicted molar refractivity (Wildman–Crippen MR) is 105 cm³/mol. The number of hydrogen-bond donors (Lipinski definition) is 1. The molecule has 0 spiro atoms. The molecule has 0 bridgehead atoms. The van der Waals surface area contributed by atoms with Crippen molar-refractivity contribution in [2.24, 2.45) is 7.05 Å². The van der Waals surface area contributed by atoms with Crippen molar-refractivity contribution in [3.05, 3.63) is 72.1 Å². The molecule has 4 rings (SSSR count). The van der Waals surface area contributed by atoms with Crippen LogP contribution in [-0.2, 0) is 13.5 Å². The summed E-state index contributed by atoms with van der Waals surface area (Å²) >= 11 is 0. The van der Waals surface area contributed by atoms with Gasteiger partial charge in [0.1, 0.15) is 0 Å². The number of aromatic amines is 1. The molecule has 0 fully saturated rings. The molecule has 0 saturated heterocycles. The fourth-order valence-corrected chi connectivity index (χ4v) is 3.28. The van der Waals surface area contributed by atoms with Crippen LogP contribution < -0.4 is 0 Å². The molecule has 0 unspecified atom stereocenters. The highest BCUT2D eigenvalue weighted by molar-refractivity contribution is 5.84. The first-order valence-electron chi connectivity index (χ1n) is 8.70. The zero-order valence-electron chi connectivity index (χ0n) is 15.0. The van der Waals surface area contributed by atoms with Crippen molar-refractivity contribution >= 4 is 21.8 Å². The second-order valence-electron chi connectivity index (χ2n) is 6.58. The van der Waals surface area contributed by atoms with Gasteiger partial charge in [-0.2, -0.15) is 0 Å².